The minimum atomic E-state index is -0.554. The molecule has 0 unspecified atom stereocenters. The lowest BCUT2D eigenvalue weighted by atomic mass is 10.1. The molecule has 0 aliphatic heterocycles. The molecule has 5 nitrogen and oxygen atoms in total. The highest BCUT2D eigenvalue weighted by atomic mass is 35.5. The smallest absolute Gasteiger partial charge is 0.291 e. The van der Waals surface area contributed by atoms with Gasteiger partial charge in [-0.05, 0) is 73.0 Å². The molecule has 3 aromatic rings. The van der Waals surface area contributed by atoms with Crippen LogP contribution in [0.2, 0.25) is 10.0 Å². The first-order chi connectivity index (χ1) is 13.8. The minimum Gasteiger partial charge on any atom is -0.459 e. The fourth-order valence-corrected chi connectivity index (χ4v) is 3.00. The normalized spacial score (nSPS) is 11.2. The van der Waals surface area contributed by atoms with Gasteiger partial charge in [0.05, 0.1) is 6.26 Å². The van der Waals surface area contributed by atoms with Crippen LogP contribution in [0.1, 0.15) is 27.2 Å². The highest BCUT2D eigenvalue weighted by Gasteiger charge is 2.17. The van der Waals surface area contributed by atoms with Crippen LogP contribution in [0.15, 0.2) is 64.9 Å². The van der Waals surface area contributed by atoms with Crippen LogP contribution in [0, 0.1) is 13.8 Å². The van der Waals surface area contributed by atoms with Gasteiger partial charge >= 0.3 is 0 Å². The molecule has 1 aromatic heterocycles. The van der Waals surface area contributed by atoms with Crippen molar-refractivity contribution >= 4 is 46.8 Å². The summed E-state index contributed by atoms with van der Waals surface area (Å²) < 4.78 is 5.10. The zero-order chi connectivity index (χ0) is 21.0. The molecule has 0 aliphatic rings. The topological polar surface area (TPSA) is 71.3 Å². The fraction of sp³-hybridized carbons (Fsp3) is 0.0909. The Hall–Kier alpha value is -3.02. The summed E-state index contributed by atoms with van der Waals surface area (Å²) in [7, 11) is 0. The van der Waals surface area contributed by atoms with Gasteiger partial charge < -0.3 is 15.1 Å². The van der Waals surface area contributed by atoms with Crippen LogP contribution in [0.4, 0.5) is 5.69 Å². The van der Waals surface area contributed by atoms with E-state index in [0.717, 1.165) is 11.1 Å². The second-order valence-electron chi connectivity index (χ2n) is 6.41. The Labute approximate surface area is 178 Å². The molecule has 0 spiro atoms. The van der Waals surface area contributed by atoms with Crippen LogP contribution in [0.25, 0.3) is 6.08 Å². The van der Waals surface area contributed by atoms with E-state index in [1.165, 1.54) is 18.4 Å². The summed E-state index contributed by atoms with van der Waals surface area (Å²) >= 11 is 12.2. The lowest BCUT2D eigenvalue weighted by Gasteiger charge is -2.12. The van der Waals surface area contributed by atoms with Crippen molar-refractivity contribution in [2.24, 2.45) is 0 Å². The average Bonchev–Trinajstić information content (AvgIpc) is 3.21. The van der Waals surface area contributed by atoms with Crippen molar-refractivity contribution in [2.45, 2.75) is 13.8 Å². The number of carbonyl (C=O) groups excluding carboxylic acids is 2. The van der Waals surface area contributed by atoms with Crippen molar-refractivity contribution in [2.75, 3.05) is 5.32 Å². The number of furan rings is 1. The maximum absolute atomic E-state index is 12.9. The van der Waals surface area contributed by atoms with E-state index in [1.54, 1.807) is 30.3 Å². The molecule has 7 heteroatoms. The highest BCUT2D eigenvalue weighted by Crippen LogP contribution is 2.23. The molecule has 3 rings (SSSR count). The number of aryl methyl sites for hydroxylation is 2. The second-order valence-corrected chi connectivity index (χ2v) is 7.25. The summed E-state index contributed by atoms with van der Waals surface area (Å²) in [6.45, 7) is 3.94. The number of rotatable bonds is 5. The predicted molar refractivity (Wildman–Crippen MR) is 115 cm³/mol. The van der Waals surface area contributed by atoms with Crippen molar-refractivity contribution in [3.63, 3.8) is 0 Å². The molecule has 0 radical (unpaired) electrons. The Bertz CT molecular complexity index is 1090. The predicted octanol–water partition coefficient (Wildman–Crippen LogP) is 5.61. The van der Waals surface area contributed by atoms with Crippen molar-refractivity contribution in [3.05, 3.63) is 93.0 Å². The summed E-state index contributed by atoms with van der Waals surface area (Å²) in [5.41, 5.74) is 3.29. The average molecular weight is 429 g/mol. The summed E-state index contributed by atoms with van der Waals surface area (Å²) in [5, 5.41) is 6.18. The first-order valence-corrected chi connectivity index (χ1v) is 9.49. The van der Waals surface area contributed by atoms with Crippen molar-refractivity contribution in [1.29, 1.82) is 0 Å². The zero-order valence-corrected chi connectivity index (χ0v) is 17.3. The minimum absolute atomic E-state index is 0.00819. The van der Waals surface area contributed by atoms with E-state index in [4.69, 9.17) is 27.6 Å². The summed E-state index contributed by atoms with van der Waals surface area (Å²) in [4.78, 5) is 25.3. The van der Waals surface area contributed by atoms with E-state index in [0.29, 0.717) is 21.3 Å². The number of carbonyl (C=O) groups is 2. The van der Waals surface area contributed by atoms with Gasteiger partial charge in [-0.2, -0.15) is 0 Å². The Kier molecular flexibility index (Phi) is 6.42. The van der Waals surface area contributed by atoms with Gasteiger partial charge in [0.2, 0.25) is 0 Å². The Morgan fingerprint density at radius 2 is 1.79 bits per heavy atom. The summed E-state index contributed by atoms with van der Waals surface area (Å²) in [6.07, 6.45) is 2.86. The number of halogens is 2. The maximum Gasteiger partial charge on any atom is 0.291 e. The summed E-state index contributed by atoms with van der Waals surface area (Å²) in [5.74, 6) is -0.974. The Morgan fingerprint density at radius 1 is 1.00 bits per heavy atom. The molecule has 1 heterocycles. The first-order valence-electron chi connectivity index (χ1n) is 8.73. The number of nitrogens with one attached hydrogen (secondary N) is 2. The lowest BCUT2D eigenvalue weighted by Crippen LogP contribution is -2.30. The van der Waals surface area contributed by atoms with E-state index in [1.807, 2.05) is 26.0 Å². The van der Waals surface area contributed by atoms with Crippen LogP contribution in [-0.4, -0.2) is 11.8 Å². The van der Waals surface area contributed by atoms with E-state index in [9.17, 15) is 9.59 Å². The fourth-order valence-electron chi connectivity index (χ4n) is 2.54. The summed E-state index contributed by atoms with van der Waals surface area (Å²) in [6, 6.07) is 13.5. The van der Waals surface area contributed by atoms with Gasteiger partial charge in [0, 0.05) is 15.7 Å². The molecule has 0 saturated carbocycles. The largest absolute Gasteiger partial charge is 0.459 e. The van der Waals surface area contributed by atoms with Crippen LogP contribution in [0.3, 0.4) is 0 Å². The van der Waals surface area contributed by atoms with E-state index >= 15 is 0 Å². The first kappa shape index (κ1) is 20.7. The number of hydrogen-bond donors (Lipinski definition) is 2. The third-order valence-electron chi connectivity index (χ3n) is 4.26. The number of amides is 2. The van der Waals surface area contributed by atoms with Crippen molar-refractivity contribution in [1.82, 2.24) is 5.32 Å². The molecule has 0 aliphatic carbocycles. The number of anilines is 1. The third kappa shape index (κ3) is 5.28. The molecule has 148 valence electrons. The number of benzene rings is 2. The lowest BCUT2D eigenvalue weighted by molar-refractivity contribution is -0.113. The molecule has 2 N–H and O–H groups in total. The van der Waals surface area contributed by atoms with Crippen LogP contribution >= 0.6 is 23.2 Å². The quantitative estimate of drug-likeness (QED) is 0.518. The van der Waals surface area contributed by atoms with Gasteiger partial charge in [-0.25, -0.2) is 0 Å². The van der Waals surface area contributed by atoms with Crippen molar-refractivity contribution in [3.8, 4) is 0 Å². The molecule has 29 heavy (non-hydrogen) atoms. The molecular formula is C22H18Cl2N2O3. The standard InChI is InChI=1S/C22H18Cl2N2O3/c1-13-5-8-17(10-14(13)2)25-21(27)19(26-22(28)20-4-3-9-29-20)11-15-6-7-16(23)12-18(15)24/h3-12H,1-2H3,(H,25,27)(H,26,28). The molecular weight excluding hydrogens is 411 g/mol. The number of hydrogen-bond acceptors (Lipinski definition) is 3. The second kappa shape index (κ2) is 8.99. The van der Waals surface area contributed by atoms with Gasteiger partial charge in [-0.1, -0.05) is 35.3 Å². The molecule has 0 fully saturated rings. The molecule has 0 saturated heterocycles. The Morgan fingerprint density at radius 3 is 2.45 bits per heavy atom. The molecule has 2 amide bonds. The van der Waals surface area contributed by atoms with Gasteiger partial charge in [-0.3, -0.25) is 9.59 Å². The van der Waals surface area contributed by atoms with Crippen molar-refractivity contribution < 1.29 is 14.0 Å². The highest BCUT2D eigenvalue weighted by molar-refractivity contribution is 6.35. The van der Waals surface area contributed by atoms with Gasteiger partial charge in [0.25, 0.3) is 11.8 Å². The van der Waals surface area contributed by atoms with Gasteiger partial charge in [0.1, 0.15) is 5.70 Å². The zero-order valence-electron chi connectivity index (χ0n) is 15.8. The molecule has 0 atom stereocenters. The third-order valence-corrected chi connectivity index (χ3v) is 4.83. The maximum atomic E-state index is 12.9. The monoisotopic (exact) mass is 428 g/mol. The van der Waals surface area contributed by atoms with Gasteiger partial charge in [0.15, 0.2) is 5.76 Å². The van der Waals surface area contributed by atoms with Gasteiger partial charge in [-0.15, -0.1) is 0 Å². The Balaban J connectivity index is 1.92. The van der Waals surface area contributed by atoms with Crippen LogP contribution in [0.5, 0.6) is 0 Å². The molecule has 0 bridgehead atoms. The van der Waals surface area contributed by atoms with E-state index in [-0.39, 0.29) is 11.5 Å². The van der Waals surface area contributed by atoms with E-state index in [2.05, 4.69) is 10.6 Å². The van der Waals surface area contributed by atoms with Crippen LogP contribution < -0.4 is 10.6 Å². The van der Waals surface area contributed by atoms with Crippen LogP contribution in [-0.2, 0) is 4.79 Å². The SMILES string of the molecule is Cc1ccc(NC(=O)C(=Cc2ccc(Cl)cc2Cl)NC(=O)c2ccco2)cc1C. The molecule has 2 aromatic carbocycles. The van der Waals surface area contributed by atoms with E-state index < -0.39 is 11.8 Å².